The van der Waals surface area contributed by atoms with Gasteiger partial charge in [-0.25, -0.2) is 0 Å². The summed E-state index contributed by atoms with van der Waals surface area (Å²) in [6, 6.07) is 7.91. The minimum atomic E-state index is -0.129. The smallest absolute Gasteiger partial charge is 0.237 e. The van der Waals surface area contributed by atoms with Gasteiger partial charge in [0.15, 0.2) is 0 Å². The number of halogens is 1. The van der Waals surface area contributed by atoms with E-state index in [0.29, 0.717) is 18.3 Å². The monoisotopic (exact) mass is 319 g/mol. The predicted octanol–water partition coefficient (Wildman–Crippen LogP) is 2.81. The van der Waals surface area contributed by atoms with E-state index in [-0.39, 0.29) is 11.5 Å². The van der Waals surface area contributed by atoms with Crippen LogP contribution in [0.4, 0.5) is 0 Å². The number of rotatable bonds is 3. The normalized spacial score (nSPS) is 24.4. The molecular weight excluding hydrogens is 302 g/mol. The molecule has 1 aromatic carbocycles. The van der Waals surface area contributed by atoms with Gasteiger partial charge in [-0.3, -0.25) is 0 Å². The van der Waals surface area contributed by atoms with E-state index in [9.17, 15) is 0 Å². The average molecular weight is 320 g/mol. The van der Waals surface area contributed by atoms with Crippen LogP contribution in [0.2, 0.25) is 5.02 Å². The molecule has 1 saturated heterocycles. The van der Waals surface area contributed by atoms with Crippen LogP contribution in [0.3, 0.4) is 0 Å². The predicted molar refractivity (Wildman–Crippen MR) is 82.0 cm³/mol. The Bertz CT molecular complexity index is 666. The number of ether oxygens (including phenoxy) is 1. The number of aromatic nitrogens is 2. The van der Waals surface area contributed by atoms with E-state index in [1.54, 1.807) is 0 Å². The van der Waals surface area contributed by atoms with Crippen LogP contribution in [0.25, 0.3) is 0 Å². The van der Waals surface area contributed by atoms with E-state index < -0.39 is 0 Å². The lowest BCUT2D eigenvalue weighted by Gasteiger charge is -2.27. The quantitative estimate of drug-likeness (QED) is 0.870. The van der Waals surface area contributed by atoms with Gasteiger partial charge in [-0.1, -0.05) is 28.9 Å². The molecule has 1 aliphatic carbocycles. The second-order valence-electron chi connectivity index (χ2n) is 6.17. The Labute approximate surface area is 134 Å². The summed E-state index contributed by atoms with van der Waals surface area (Å²) in [4.78, 5) is 6.86. The second kappa shape index (κ2) is 5.33. The molecule has 2 fully saturated rings. The largest absolute Gasteiger partial charge is 0.367 e. The number of morpholine rings is 1. The van der Waals surface area contributed by atoms with E-state index in [2.05, 4.69) is 22.1 Å². The van der Waals surface area contributed by atoms with Gasteiger partial charge in [-0.15, -0.1) is 0 Å². The third-order valence-electron chi connectivity index (χ3n) is 4.56. The van der Waals surface area contributed by atoms with Gasteiger partial charge in [-0.2, -0.15) is 4.98 Å². The molecular formula is C16H18ClN3O2. The van der Waals surface area contributed by atoms with Crippen molar-refractivity contribution >= 4 is 11.6 Å². The van der Waals surface area contributed by atoms with E-state index in [4.69, 9.17) is 20.9 Å². The van der Waals surface area contributed by atoms with Crippen LogP contribution >= 0.6 is 11.6 Å². The first-order valence-electron chi connectivity index (χ1n) is 7.58. The summed E-state index contributed by atoms with van der Waals surface area (Å²) in [6.07, 6.45) is 1.96. The zero-order chi connectivity index (χ0) is 15.2. The number of hydrogen-bond acceptors (Lipinski definition) is 5. The van der Waals surface area contributed by atoms with Gasteiger partial charge < -0.3 is 14.2 Å². The van der Waals surface area contributed by atoms with E-state index in [0.717, 1.165) is 31.0 Å². The maximum atomic E-state index is 5.97. The topological polar surface area (TPSA) is 51.4 Å². The van der Waals surface area contributed by atoms with Crippen molar-refractivity contribution in [3.05, 3.63) is 46.6 Å². The molecule has 0 N–H and O–H groups in total. The summed E-state index contributed by atoms with van der Waals surface area (Å²) in [5.74, 6) is 1.35. The van der Waals surface area contributed by atoms with Crippen molar-refractivity contribution in [1.82, 2.24) is 15.0 Å². The minimum Gasteiger partial charge on any atom is -0.367 e. The van der Waals surface area contributed by atoms with Crippen LogP contribution in [0, 0.1) is 0 Å². The van der Waals surface area contributed by atoms with Crippen molar-refractivity contribution in [2.75, 3.05) is 26.7 Å². The first kappa shape index (κ1) is 14.2. The van der Waals surface area contributed by atoms with E-state index >= 15 is 0 Å². The molecule has 0 spiro atoms. The van der Waals surface area contributed by atoms with Crippen molar-refractivity contribution in [3.63, 3.8) is 0 Å². The molecule has 22 heavy (non-hydrogen) atoms. The van der Waals surface area contributed by atoms with Crippen LogP contribution in [0.1, 0.15) is 36.2 Å². The summed E-state index contributed by atoms with van der Waals surface area (Å²) in [5.41, 5.74) is 1.06. The van der Waals surface area contributed by atoms with E-state index in [1.165, 1.54) is 5.56 Å². The van der Waals surface area contributed by atoms with Gasteiger partial charge in [0.25, 0.3) is 0 Å². The zero-order valence-corrected chi connectivity index (χ0v) is 13.2. The molecule has 1 aliphatic heterocycles. The first-order valence-corrected chi connectivity index (χ1v) is 7.95. The van der Waals surface area contributed by atoms with Gasteiger partial charge in [0.1, 0.15) is 6.10 Å². The highest BCUT2D eigenvalue weighted by atomic mass is 35.5. The maximum Gasteiger partial charge on any atom is 0.237 e. The van der Waals surface area contributed by atoms with E-state index in [1.807, 2.05) is 24.3 Å². The Morgan fingerprint density at radius 1 is 1.27 bits per heavy atom. The number of hydrogen-bond donors (Lipinski definition) is 0. The zero-order valence-electron chi connectivity index (χ0n) is 12.5. The minimum absolute atomic E-state index is 0.0998. The van der Waals surface area contributed by atoms with Crippen LogP contribution < -0.4 is 0 Å². The third kappa shape index (κ3) is 2.43. The SMILES string of the molecule is CN1CCOC(c2noc(C3(c4ccc(Cl)cc4)CC3)n2)C1. The Hall–Kier alpha value is -1.43. The summed E-state index contributed by atoms with van der Waals surface area (Å²) < 4.78 is 11.3. The molecule has 2 heterocycles. The highest BCUT2D eigenvalue weighted by Crippen LogP contribution is 2.53. The van der Waals surface area contributed by atoms with Crippen molar-refractivity contribution in [2.45, 2.75) is 24.4 Å². The number of likely N-dealkylation sites (N-methyl/N-ethyl adjacent to an activating group) is 1. The molecule has 1 saturated carbocycles. The molecule has 6 heteroatoms. The lowest BCUT2D eigenvalue weighted by Crippen LogP contribution is -2.35. The van der Waals surface area contributed by atoms with Gasteiger partial charge in [0.2, 0.25) is 11.7 Å². The van der Waals surface area contributed by atoms with Crippen LogP contribution in [-0.4, -0.2) is 41.8 Å². The van der Waals surface area contributed by atoms with Gasteiger partial charge in [-0.05, 0) is 37.6 Å². The summed E-state index contributed by atoms with van der Waals surface area (Å²) in [7, 11) is 2.08. The van der Waals surface area contributed by atoms with Crippen molar-refractivity contribution < 1.29 is 9.26 Å². The van der Waals surface area contributed by atoms with Gasteiger partial charge in [0, 0.05) is 18.1 Å². The summed E-state index contributed by atoms with van der Waals surface area (Å²) >= 11 is 5.97. The molecule has 0 radical (unpaired) electrons. The fraction of sp³-hybridized carbons (Fsp3) is 0.500. The lowest BCUT2D eigenvalue weighted by atomic mass is 9.96. The Morgan fingerprint density at radius 3 is 2.73 bits per heavy atom. The maximum absolute atomic E-state index is 5.97. The summed E-state index contributed by atoms with van der Waals surface area (Å²) in [5, 5.41) is 4.90. The fourth-order valence-electron chi connectivity index (χ4n) is 3.01. The molecule has 1 atom stereocenters. The highest BCUT2D eigenvalue weighted by molar-refractivity contribution is 6.30. The van der Waals surface area contributed by atoms with Gasteiger partial charge >= 0.3 is 0 Å². The second-order valence-corrected chi connectivity index (χ2v) is 6.60. The molecule has 0 bridgehead atoms. The molecule has 0 amide bonds. The van der Waals surface area contributed by atoms with Gasteiger partial charge in [0.05, 0.1) is 12.0 Å². The Kier molecular flexibility index (Phi) is 3.44. The Morgan fingerprint density at radius 2 is 2.05 bits per heavy atom. The Balaban J connectivity index is 1.60. The first-order chi connectivity index (χ1) is 10.7. The number of benzene rings is 1. The average Bonchev–Trinajstić information content (AvgIpc) is 3.18. The molecule has 1 unspecified atom stereocenters. The standard InChI is InChI=1S/C16H18ClN3O2/c1-20-8-9-21-13(10-20)14-18-15(22-19-14)16(6-7-16)11-2-4-12(17)5-3-11/h2-5,13H,6-10H2,1H3. The van der Waals surface area contributed by atoms with Crippen LogP contribution in [-0.2, 0) is 10.2 Å². The molecule has 116 valence electrons. The third-order valence-corrected chi connectivity index (χ3v) is 4.81. The molecule has 2 aromatic rings. The van der Waals surface area contributed by atoms with Crippen LogP contribution in [0.5, 0.6) is 0 Å². The van der Waals surface area contributed by atoms with Crippen LogP contribution in [0.15, 0.2) is 28.8 Å². The van der Waals surface area contributed by atoms with Crippen molar-refractivity contribution in [3.8, 4) is 0 Å². The highest BCUT2D eigenvalue weighted by Gasteiger charge is 2.51. The fourth-order valence-corrected chi connectivity index (χ4v) is 3.14. The van der Waals surface area contributed by atoms with Crippen molar-refractivity contribution in [1.29, 1.82) is 0 Å². The molecule has 1 aromatic heterocycles. The molecule has 5 nitrogen and oxygen atoms in total. The number of nitrogens with zero attached hydrogens (tertiary/aromatic N) is 3. The molecule has 2 aliphatic rings. The lowest BCUT2D eigenvalue weighted by molar-refractivity contribution is -0.0264. The van der Waals surface area contributed by atoms with Crippen molar-refractivity contribution in [2.24, 2.45) is 0 Å². The molecule has 4 rings (SSSR count). The summed E-state index contributed by atoms with van der Waals surface area (Å²) in [6.45, 7) is 2.44.